The highest BCUT2D eigenvalue weighted by Gasteiger charge is 2.06. The zero-order valence-electron chi connectivity index (χ0n) is 11.2. The second-order valence-corrected chi connectivity index (χ2v) is 3.37. The fraction of sp³-hybridized carbons (Fsp3) is 0.250. The van der Waals surface area contributed by atoms with Crippen LogP contribution in [-0.2, 0) is 0 Å². The highest BCUT2D eigenvalue weighted by Crippen LogP contribution is 2.15. The summed E-state index contributed by atoms with van der Waals surface area (Å²) >= 11 is 0. The van der Waals surface area contributed by atoms with E-state index in [1.54, 1.807) is 6.08 Å². The van der Waals surface area contributed by atoms with E-state index in [2.05, 4.69) is 37.1 Å². The van der Waals surface area contributed by atoms with E-state index < -0.39 is 0 Å². The molecule has 1 nitrogen and oxygen atoms in total. The lowest BCUT2D eigenvalue weighted by Crippen LogP contribution is -2.20. The van der Waals surface area contributed by atoms with Crippen molar-refractivity contribution in [2.24, 2.45) is 0 Å². The van der Waals surface area contributed by atoms with Crippen molar-refractivity contribution in [3.8, 4) is 0 Å². The van der Waals surface area contributed by atoms with E-state index in [-0.39, 0.29) is 0 Å². The lowest BCUT2D eigenvalue weighted by molar-refractivity contribution is 0.478. The summed E-state index contributed by atoms with van der Waals surface area (Å²) in [6.07, 6.45) is 15.8. The van der Waals surface area contributed by atoms with Gasteiger partial charge in [0.15, 0.2) is 0 Å². The Labute approximate surface area is 106 Å². The largest absolute Gasteiger partial charge is 0.342 e. The first-order valence-electron chi connectivity index (χ1n) is 5.93. The normalized spacial score (nSPS) is 13.4. The number of allylic oxidation sites excluding steroid dienone is 8. The quantitative estimate of drug-likeness (QED) is 0.577. The highest BCUT2D eigenvalue weighted by atomic mass is 15.1. The van der Waals surface area contributed by atoms with Crippen LogP contribution >= 0.6 is 0 Å². The molecule has 0 saturated carbocycles. The Morgan fingerprint density at radius 2 is 1.82 bits per heavy atom. The molecule has 0 amide bonds. The molecule has 0 aromatic carbocycles. The van der Waals surface area contributed by atoms with Crippen LogP contribution in [-0.4, -0.2) is 11.4 Å². The van der Waals surface area contributed by atoms with Crippen molar-refractivity contribution in [2.45, 2.75) is 20.8 Å². The fourth-order valence-electron chi connectivity index (χ4n) is 1.49. The summed E-state index contributed by atoms with van der Waals surface area (Å²) < 4.78 is 0. The van der Waals surface area contributed by atoms with Gasteiger partial charge in [0.2, 0.25) is 0 Å². The number of likely N-dealkylation sites (N-methyl/N-ethyl adjacent to an activating group) is 1. The van der Waals surface area contributed by atoms with Crippen LogP contribution in [0.3, 0.4) is 0 Å². The minimum absolute atomic E-state index is 0.899. The Bertz CT molecular complexity index is 354. The van der Waals surface area contributed by atoms with Gasteiger partial charge in [0.25, 0.3) is 0 Å². The van der Waals surface area contributed by atoms with Crippen LogP contribution in [0.15, 0.2) is 73.2 Å². The molecule has 0 aromatic rings. The van der Waals surface area contributed by atoms with Crippen LogP contribution in [0.25, 0.3) is 0 Å². The topological polar surface area (TPSA) is 3.24 Å². The van der Waals surface area contributed by atoms with Crippen molar-refractivity contribution in [3.05, 3.63) is 73.2 Å². The molecule has 0 bridgehead atoms. The predicted molar refractivity (Wildman–Crippen MR) is 78.6 cm³/mol. The first-order chi connectivity index (χ1) is 8.24. The Balaban J connectivity index is 5.20. The van der Waals surface area contributed by atoms with E-state index in [1.807, 2.05) is 44.2 Å². The molecule has 0 aliphatic rings. The van der Waals surface area contributed by atoms with E-state index in [0.29, 0.717) is 0 Å². The van der Waals surface area contributed by atoms with Gasteiger partial charge in [0, 0.05) is 17.9 Å². The number of hydrogen-bond donors (Lipinski definition) is 0. The lowest BCUT2D eigenvalue weighted by atomic mass is 10.2. The van der Waals surface area contributed by atoms with Crippen LogP contribution in [0, 0.1) is 0 Å². The third kappa shape index (κ3) is 5.21. The standard InChI is InChI=1S/C16H23N/c1-6-11-13-15(8-3)17(10-5)16(9-4)14-12-7-2/h6-9,11-14H,1,4,10H2,2-3,5H3. The van der Waals surface area contributed by atoms with Crippen LogP contribution in [0.4, 0.5) is 0 Å². The summed E-state index contributed by atoms with van der Waals surface area (Å²) in [5.41, 5.74) is 2.23. The molecular formula is C16H23N. The molecule has 0 radical (unpaired) electrons. The van der Waals surface area contributed by atoms with E-state index in [9.17, 15) is 0 Å². The van der Waals surface area contributed by atoms with Gasteiger partial charge >= 0.3 is 0 Å². The summed E-state index contributed by atoms with van der Waals surface area (Å²) in [6, 6.07) is 0. The maximum Gasteiger partial charge on any atom is 0.0404 e. The van der Waals surface area contributed by atoms with Crippen molar-refractivity contribution in [3.63, 3.8) is 0 Å². The summed E-state index contributed by atoms with van der Waals surface area (Å²) in [4.78, 5) is 2.20. The average Bonchev–Trinajstić information content (AvgIpc) is 2.37. The molecule has 0 aromatic heterocycles. The van der Waals surface area contributed by atoms with Crippen LogP contribution in [0.1, 0.15) is 20.8 Å². The second kappa shape index (κ2) is 9.46. The van der Waals surface area contributed by atoms with Gasteiger partial charge in [-0.15, -0.1) is 0 Å². The molecule has 0 unspecified atom stereocenters. The molecule has 0 saturated heterocycles. The Morgan fingerprint density at radius 3 is 2.24 bits per heavy atom. The third-order valence-corrected chi connectivity index (χ3v) is 2.31. The molecule has 17 heavy (non-hydrogen) atoms. The Hall–Kier alpha value is -1.76. The molecule has 0 spiro atoms. The first kappa shape index (κ1) is 15.2. The number of hydrogen-bond acceptors (Lipinski definition) is 1. The van der Waals surface area contributed by atoms with Crippen molar-refractivity contribution < 1.29 is 0 Å². The monoisotopic (exact) mass is 229 g/mol. The van der Waals surface area contributed by atoms with Crippen molar-refractivity contribution in [2.75, 3.05) is 6.54 Å². The lowest BCUT2D eigenvalue weighted by Gasteiger charge is -2.25. The Morgan fingerprint density at radius 1 is 1.12 bits per heavy atom. The molecule has 0 atom stereocenters. The molecule has 0 aliphatic carbocycles. The van der Waals surface area contributed by atoms with E-state index in [1.165, 1.54) is 0 Å². The van der Waals surface area contributed by atoms with Gasteiger partial charge in [-0.3, -0.25) is 0 Å². The van der Waals surface area contributed by atoms with E-state index in [0.717, 1.165) is 17.9 Å². The molecule has 92 valence electrons. The minimum Gasteiger partial charge on any atom is -0.342 e. The summed E-state index contributed by atoms with van der Waals surface area (Å²) in [6.45, 7) is 14.6. The molecule has 0 N–H and O–H groups in total. The minimum atomic E-state index is 0.899. The number of rotatable bonds is 7. The van der Waals surface area contributed by atoms with E-state index in [4.69, 9.17) is 0 Å². The average molecular weight is 229 g/mol. The summed E-state index contributed by atoms with van der Waals surface area (Å²) in [5.74, 6) is 0. The van der Waals surface area contributed by atoms with Gasteiger partial charge < -0.3 is 4.90 Å². The Kier molecular flexibility index (Phi) is 8.48. The van der Waals surface area contributed by atoms with Crippen molar-refractivity contribution in [1.29, 1.82) is 0 Å². The van der Waals surface area contributed by atoms with Gasteiger partial charge in [-0.2, -0.15) is 0 Å². The van der Waals surface area contributed by atoms with Gasteiger partial charge in [-0.1, -0.05) is 43.5 Å². The molecule has 0 aliphatic heterocycles. The second-order valence-electron chi connectivity index (χ2n) is 3.37. The number of nitrogens with zero attached hydrogens (tertiary/aromatic N) is 1. The maximum absolute atomic E-state index is 3.86. The van der Waals surface area contributed by atoms with Gasteiger partial charge in [-0.05, 0) is 39.0 Å². The predicted octanol–water partition coefficient (Wildman–Crippen LogP) is 4.60. The first-order valence-corrected chi connectivity index (χ1v) is 5.93. The van der Waals surface area contributed by atoms with Crippen LogP contribution in [0.5, 0.6) is 0 Å². The third-order valence-electron chi connectivity index (χ3n) is 2.31. The van der Waals surface area contributed by atoms with Crippen molar-refractivity contribution in [1.82, 2.24) is 4.90 Å². The van der Waals surface area contributed by atoms with Crippen LogP contribution < -0.4 is 0 Å². The molecule has 0 fully saturated rings. The zero-order valence-corrected chi connectivity index (χ0v) is 11.2. The smallest absolute Gasteiger partial charge is 0.0404 e. The van der Waals surface area contributed by atoms with Gasteiger partial charge in [0.1, 0.15) is 0 Å². The van der Waals surface area contributed by atoms with E-state index >= 15 is 0 Å². The molecule has 0 heterocycles. The maximum atomic E-state index is 3.86. The fourth-order valence-corrected chi connectivity index (χ4v) is 1.49. The molecule has 0 rings (SSSR count). The SMILES string of the molecule is C=CC=CC(=CC)N(CC)C(C=C)=CC=CC. The summed E-state index contributed by atoms with van der Waals surface area (Å²) in [7, 11) is 0. The van der Waals surface area contributed by atoms with Crippen LogP contribution in [0.2, 0.25) is 0 Å². The van der Waals surface area contributed by atoms with Gasteiger partial charge in [-0.25, -0.2) is 0 Å². The zero-order chi connectivity index (χ0) is 13.1. The van der Waals surface area contributed by atoms with Crippen molar-refractivity contribution >= 4 is 0 Å². The summed E-state index contributed by atoms with van der Waals surface area (Å²) in [5, 5.41) is 0. The molecule has 1 heteroatoms. The molecular weight excluding hydrogens is 206 g/mol. The highest BCUT2D eigenvalue weighted by molar-refractivity contribution is 5.30. The van der Waals surface area contributed by atoms with Gasteiger partial charge in [0.05, 0.1) is 0 Å².